The van der Waals surface area contributed by atoms with Gasteiger partial charge in [0.1, 0.15) is 5.75 Å². The van der Waals surface area contributed by atoms with E-state index in [9.17, 15) is 4.79 Å². The Bertz CT molecular complexity index is 862. The van der Waals surface area contributed by atoms with Gasteiger partial charge < -0.3 is 19.9 Å². The summed E-state index contributed by atoms with van der Waals surface area (Å²) in [6.07, 6.45) is 0.960. The molecule has 1 unspecified atom stereocenters. The molecule has 1 N–H and O–H groups in total. The van der Waals surface area contributed by atoms with Crippen molar-refractivity contribution in [1.82, 2.24) is 15.1 Å². The number of ether oxygens (including phenoxy) is 1. The number of carbonyl (C=O) groups excluding carboxylic acids is 1. The molecule has 1 amide bonds. The lowest BCUT2D eigenvalue weighted by Crippen LogP contribution is -2.47. The lowest BCUT2D eigenvalue weighted by atomic mass is 10.1. The third-order valence-corrected chi connectivity index (χ3v) is 6.18. The first-order valence-corrected chi connectivity index (χ1v) is 11.9. The molecular formula is C24H30Cl3N3O2. The second-order valence-electron chi connectivity index (χ2n) is 8.27. The van der Waals surface area contributed by atoms with Crippen molar-refractivity contribution in [3.05, 3.63) is 65.2 Å². The SMILES string of the molecule is Cc1ccc(C(=O)NC(Oc2ccc(CCCN3CCN(C)CC3)cc2)C(Cl)(Cl)Cl)cc1. The van der Waals surface area contributed by atoms with Gasteiger partial charge in [0.05, 0.1) is 0 Å². The van der Waals surface area contributed by atoms with Crippen LogP contribution in [-0.2, 0) is 6.42 Å². The number of nitrogens with zero attached hydrogens (tertiary/aromatic N) is 2. The number of halogens is 3. The normalized spacial score (nSPS) is 16.5. The van der Waals surface area contributed by atoms with Crippen LogP contribution in [0.1, 0.15) is 27.9 Å². The molecule has 0 radical (unpaired) electrons. The van der Waals surface area contributed by atoms with Crippen LogP contribution in [0, 0.1) is 6.92 Å². The molecule has 2 aromatic carbocycles. The smallest absolute Gasteiger partial charge is 0.254 e. The maximum atomic E-state index is 12.6. The highest BCUT2D eigenvalue weighted by molar-refractivity contribution is 6.68. The number of piperazine rings is 1. The molecule has 32 heavy (non-hydrogen) atoms. The van der Waals surface area contributed by atoms with Crippen molar-refractivity contribution in [2.24, 2.45) is 0 Å². The van der Waals surface area contributed by atoms with Crippen LogP contribution >= 0.6 is 34.8 Å². The van der Waals surface area contributed by atoms with Crippen LogP contribution in [0.15, 0.2) is 48.5 Å². The van der Waals surface area contributed by atoms with Crippen molar-refractivity contribution in [3.63, 3.8) is 0 Å². The predicted molar refractivity (Wildman–Crippen MR) is 132 cm³/mol. The van der Waals surface area contributed by atoms with Crippen LogP contribution in [0.4, 0.5) is 0 Å². The molecule has 0 aliphatic carbocycles. The maximum absolute atomic E-state index is 12.6. The van der Waals surface area contributed by atoms with Gasteiger partial charge >= 0.3 is 0 Å². The number of rotatable bonds is 8. The molecule has 1 heterocycles. The van der Waals surface area contributed by atoms with Crippen LogP contribution in [0.25, 0.3) is 0 Å². The van der Waals surface area contributed by atoms with Gasteiger partial charge in [-0.25, -0.2) is 0 Å². The van der Waals surface area contributed by atoms with Gasteiger partial charge in [0.15, 0.2) is 0 Å². The Balaban J connectivity index is 1.52. The molecule has 3 rings (SSSR count). The number of benzene rings is 2. The molecule has 0 bridgehead atoms. The average Bonchev–Trinajstić information content (AvgIpc) is 2.75. The quantitative estimate of drug-likeness (QED) is 0.424. The van der Waals surface area contributed by atoms with Gasteiger partial charge in [0, 0.05) is 31.7 Å². The number of hydrogen-bond acceptors (Lipinski definition) is 4. The van der Waals surface area contributed by atoms with Crippen LogP contribution < -0.4 is 10.1 Å². The van der Waals surface area contributed by atoms with E-state index in [4.69, 9.17) is 39.5 Å². The van der Waals surface area contributed by atoms with Crippen LogP contribution in [0.2, 0.25) is 0 Å². The number of carbonyl (C=O) groups is 1. The zero-order chi connectivity index (χ0) is 23.1. The molecule has 1 saturated heterocycles. The maximum Gasteiger partial charge on any atom is 0.254 e. The van der Waals surface area contributed by atoms with E-state index in [1.165, 1.54) is 5.56 Å². The van der Waals surface area contributed by atoms with Crippen LogP contribution in [0.3, 0.4) is 0 Å². The van der Waals surface area contributed by atoms with Gasteiger partial charge in [0.2, 0.25) is 10.0 Å². The summed E-state index contributed by atoms with van der Waals surface area (Å²) in [4.78, 5) is 17.4. The van der Waals surface area contributed by atoms with E-state index in [-0.39, 0.29) is 5.91 Å². The fourth-order valence-corrected chi connectivity index (χ4v) is 3.83. The van der Waals surface area contributed by atoms with E-state index in [2.05, 4.69) is 22.2 Å². The minimum Gasteiger partial charge on any atom is -0.466 e. The molecule has 2 aromatic rings. The van der Waals surface area contributed by atoms with E-state index in [1.807, 2.05) is 43.3 Å². The highest BCUT2D eigenvalue weighted by Gasteiger charge is 2.36. The fraction of sp³-hybridized carbons (Fsp3) is 0.458. The van der Waals surface area contributed by atoms with Gasteiger partial charge in [-0.3, -0.25) is 4.79 Å². The number of hydrogen-bond donors (Lipinski definition) is 1. The summed E-state index contributed by atoms with van der Waals surface area (Å²) in [5.41, 5.74) is 2.74. The minimum absolute atomic E-state index is 0.373. The monoisotopic (exact) mass is 497 g/mol. The largest absolute Gasteiger partial charge is 0.466 e. The molecule has 1 aliphatic rings. The third kappa shape index (κ3) is 7.82. The Hall–Kier alpha value is -1.50. The zero-order valence-corrected chi connectivity index (χ0v) is 20.8. The molecule has 174 valence electrons. The summed E-state index contributed by atoms with van der Waals surface area (Å²) in [5, 5.41) is 2.66. The second kappa shape index (κ2) is 11.6. The van der Waals surface area contributed by atoms with Crippen molar-refractivity contribution in [3.8, 4) is 5.75 Å². The van der Waals surface area contributed by atoms with E-state index in [0.29, 0.717) is 11.3 Å². The van der Waals surface area contributed by atoms with Gasteiger partial charge in [-0.05, 0) is 63.2 Å². The lowest BCUT2D eigenvalue weighted by molar-refractivity contribution is 0.0833. The molecule has 0 saturated carbocycles. The first-order chi connectivity index (χ1) is 15.2. The van der Waals surface area contributed by atoms with Gasteiger partial charge in [-0.2, -0.15) is 0 Å². The molecule has 0 aromatic heterocycles. The molecule has 1 atom stereocenters. The van der Waals surface area contributed by atoms with Crippen LogP contribution in [0.5, 0.6) is 5.75 Å². The minimum atomic E-state index is -1.83. The number of likely N-dealkylation sites (N-methyl/N-ethyl adjacent to an activating group) is 1. The Morgan fingerprint density at radius 2 is 1.66 bits per heavy atom. The van der Waals surface area contributed by atoms with Crippen molar-refractivity contribution in [2.75, 3.05) is 39.8 Å². The van der Waals surface area contributed by atoms with Crippen molar-refractivity contribution >= 4 is 40.7 Å². The first kappa shape index (κ1) is 25.1. The number of alkyl halides is 3. The lowest BCUT2D eigenvalue weighted by Gasteiger charge is -2.32. The van der Waals surface area contributed by atoms with E-state index in [0.717, 1.165) is 51.1 Å². The topological polar surface area (TPSA) is 44.8 Å². The highest BCUT2D eigenvalue weighted by atomic mass is 35.6. The molecule has 8 heteroatoms. The van der Waals surface area contributed by atoms with E-state index < -0.39 is 10.0 Å². The molecule has 5 nitrogen and oxygen atoms in total. The zero-order valence-electron chi connectivity index (χ0n) is 18.5. The third-order valence-electron chi connectivity index (χ3n) is 5.59. The van der Waals surface area contributed by atoms with E-state index >= 15 is 0 Å². The van der Waals surface area contributed by atoms with Crippen LogP contribution in [-0.4, -0.2) is 65.5 Å². The van der Waals surface area contributed by atoms with E-state index in [1.54, 1.807) is 12.1 Å². The predicted octanol–water partition coefficient (Wildman–Crippen LogP) is 4.68. The summed E-state index contributed by atoms with van der Waals surface area (Å²) in [7, 11) is 2.17. The Morgan fingerprint density at radius 3 is 2.25 bits per heavy atom. The summed E-state index contributed by atoms with van der Waals surface area (Å²) < 4.78 is 3.99. The molecule has 1 aliphatic heterocycles. The standard InChI is InChI=1S/C24H30Cl3N3O2/c1-18-5-9-20(10-6-18)22(31)28-23(24(25,26)27)32-21-11-7-19(8-12-21)4-3-13-30-16-14-29(2)15-17-30/h5-12,23H,3-4,13-17H2,1-2H3,(H,28,31). The number of aryl methyl sites for hydroxylation is 2. The first-order valence-electron chi connectivity index (χ1n) is 10.8. The highest BCUT2D eigenvalue weighted by Crippen LogP contribution is 2.32. The Labute approximate surface area is 205 Å². The Kier molecular flexibility index (Phi) is 9.09. The number of amides is 1. The fourth-order valence-electron chi connectivity index (χ4n) is 3.53. The van der Waals surface area contributed by atoms with Crippen molar-refractivity contribution < 1.29 is 9.53 Å². The molecular weight excluding hydrogens is 469 g/mol. The molecule has 0 spiro atoms. The summed E-state index contributed by atoms with van der Waals surface area (Å²) in [6, 6.07) is 14.8. The van der Waals surface area contributed by atoms with Gasteiger partial charge in [0.25, 0.3) is 5.91 Å². The Morgan fingerprint density at radius 1 is 1.03 bits per heavy atom. The molecule has 1 fully saturated rings. The van der Waals surface area contributed by atoms with Gasteiger partial charge in [-0.15, -0.1) is 0 Å². The summed E-state index contributed by atoms with van der Waals surface area (Å²) in [6.45, 7) is 7.59. The van der Waals surface area contributed by atoms with Gasteiger partial charge in [-0.1, -0.05) is 64.6 Å². The number of nitrogens with one attached hydrogen (secondary N) is 1. The van der Waals surface area contributed by atoms with Crippen molar-refractivity contribution in [1.29, 1.82) is 0 Å². The second-order valence-corrected chi connectivity index (χ2v) is 10.6. The van der Waals surface area contributed by atoms with Crippen molar-refractivity contribution in [2.45, 2.75) is 29.8 Å². The average molecular weight is 499 g/mol. The summed E-state index contributed by atoms with van der Waals surface area (Å²) in [5.74, 6) is 0.148. The summed E-state index contributed by atoms with van der Waals surface area (Å²) >= 11 is 18.2.